The van der Waals surface area contributed by atoms with Gasteiger partial charge >= 0.3 is 0 Å². The van der Waals surface area contributed by atoms with Crippen molar-refractivity contribution in [3.05, 3.63) is 35.5 Å². The smallest absolute Gasteiger partial charge is 0.183 e. The Kier molecular flexibility index (Phi) is 6.09. The highest BCUT2D eigenvalue weighted by Crippen LogP contribution is 2.65. The fraction of sp³-hybridized carbons (Fsp3) is 0.778. The van der Waals surface area contributed by atoms with E-state index in [2.05, 4.69) is 52.0 Å². The maximum Gasteiger partial charge on any atom is 0.183 e. The molecule has 0 aromatic heterocycles. The Morgan fingerprint density at radius 1 is 1.26 bits per heavy atom. The van der Waals surface area contributed by atoms with Gasteiger partial charge in [-0.1, -0.05) is 43.7 Å². The number of hydrogen-bond acceptors (Lipinski definition) is 4. The summed E-state index contributed by atoms with van der Waals surface area (Å²) in [6.07, 6.45) is 13.9. The molecular formula is C27H42O4. The van der Waals surface area contributed by atoms with Crippen LogP contribution in [0, 0.1) is 35.0 Å². The van der Waals surface area contributed by atoms with Gasteiger partial charge in [-0.3, -0.25) is 0 Å². The zero-order valence-electron chi connectivity index (χ0n) is 20.5. The highest BCUT2D eigenvalue weighted by molar-refractivity contribution is 5.28. The van der Waals surface area contributed by atoms with Gasteiger partial charge in [0, 0.05) is 26.6 Å². The van der Waals surface area contributed by atoms with E-state index in [4.69, 9.17) is 14.2 Å². The molecule has 1 heterocycles. The number of rotatable bonds is 5. The van der Waals surface area contributed by atoms with Gasteiger partial charge in [-0.15, -0.1) is 0 Å². The topological polar surface area (TPSA) is 47.9 Å². The first-order valence-corrected chi connectivity index (χ1v) is 12.1. The summed E-state index contributed by atoms with van der Waals surface area (Å²) in [5.41, 5.74) is 1.93. The van der Waals surface area contributed by atoms with Crippen LogP contribution < -0.4 is 0 Å². The summed E-state index contributed by atoms with van der Waals surface area (Å²) < 4.78 is 18.1. The Labute approximate surface area is 188 Å². The van der Waals surface area contributed by atoms with E-state index in [-0.39, 0.29) is 23.5 Å². The van der Waals surface area contributed by atoms with Gasteiger partial charge in [0.05, 0.1) is 5.60 Å². The van der Waals surface area contributed by atoms with Crippen molar-refractivity contribution in [2.24, 2.45) is 35.0 Å². The van der Waals surface area contributed by atoms with E-state index in [0.717, 1.165) is 12.8 Å². The molecule has 0 amide bonds. The van der Waals surface area contributed by atoms with E-state index >= 15 is 0 Å². The van der Waals surface area contributed by atoms with Crippen molar-refractivity contribution < 1.29 is 19.3 Å². The van der Waals surface area contributed by atoms with Crippen molar-refractivity contribution in [1.29, 1.82) is 0 Å². The van der Waals surface area contributed by atoms with Crippen LogP contribution in [0.3, 0.4) is 0 Å². The third kappa shape index (κ3) is 3.78. The molecule has 0 bridgehead atoms. The summed E-state index contributed by atoms with van der Waals surface area (Å²) in [6.45, 7) is 11.1. The fourth-order valence-electron chi connectivity index (χ4n) is 7.47. The van der Waals surface area contributed by atoms with Gasteiger partial charge in [-0.05, 0) is 81.1 Å². The molecule has 0 unspecified atom stereocenters. The lowest BCUT2D eigenvalue weighted by molar-refractivity contribution is -0.265. The molecule has 0 aromatic rings. The zero-order valence-corrected chi connectivity index (χ0v) is 20.5. The molecule has 4 rings (SSSR count). The minimum Gasteiger partial charge on any atom is -0.390 e. The summed E-state index contributed by atoms with van der Waals surface area (Å²) in [6, 6.07) is 0. The lowest BCUT2D eigenvalue weighted by Gasteiger charge is -2.43. The van der Waals surface area contributed by atoms with Crippen LogP contribution >= 0.6 is 0 Å². The van der Waals surface area contributed by atoms with Crippen LogP contribution in [0.1, 0.15) is 66.7 Å². The monoisotopic (exact) mass is 430 g/mol. The van der Waals surface area contributed by atoms with Gasteiger partial charge in [0.2, 0.25) is 0 Å². The lowest BCUT2D eigenvalue weighted by atomic mass is 9.62. The van der Waals surface area contributed by atoms with Crippen molar-refractivity contribution >= 4 is 0 Å². The second-order valence-electron chi connectivity index (χ2n) is 11.4. The second-order valence-corrected chi connectivity index (χ2v) is 11.4. The van der Waals surface area contributed by atoms with Crippen molar-refractivity contribution in [3.8, 4) is 0 Å². The van der Waals surface area contributed by atoms with Crippen molar-refractivity contribution in [2.45, 2.75) is 84.4 Å². The quantitative estimate of drug-likeness (QED) is 0.454. The normalized spacial score (nSPS) is 49.2. The largest absolute Gasteiger partial charge is 0.390 e. The number of methoxy groups -OCH3 is 2. The zero-order chi connectivity index (χ0) is 22.6. The average molecular weight is 431 g/mol. The van der Waals surface area contributed by atoms with E-state index in [1.54, 1.807) is 14.2 Å². The number of fused-ring (bicyclic) bond motifs is 1. The van der Waals surface area contributed by atoms with Crippen molar-refractivity contribution in [2.75, 3.05) is 14.2 Å². The molecule has 3 aliphatic carbocycles. The van der Waals surface area contributed by atoms with Gasteiger partial charge in [-0.2, -0.15) is 0 Å². The third-order valence-corrected chi connectivity index (χ3v) is 9.05. The first-order chi connectivity index (χ1) is 14.6. The molecule has 4 aliphatic rings. The Morgan fingerprint density at radius 3 is 2.65 bits per heavy atom. The molecule has 3 fully saturated rings. The minimum absolute atomic E-state index is 0.0595. The molecule has 31 heavy (non-hydrogen) atoms. The van der Waals surface area contributed by atoms with Crippen molar-refractivity contribution in [3.63, 3.8) is 0 Å². The van der Waals surface area contributed by atoms with Crippen LogP contribution in [0.4, 0.5) is 0 Å². The predicted octanol–water partition coefficient (Wildman–Crippen LogP) is 5.63. The van der Waals surface area contributed by atoms with E-state index in [9.17, 15) is 5.11 Å². The van der Waals surface area contributed by atoms with E-state index < -0.39 is 11.4 Å². The molecule has 4 nitrogen and oxygen atoms in total. The molecule has 0 radical (unpaired) electrons. The van der Waals surface area contributed by atoms with Gasteiger partial charge in [0.15, 0.2) is 12.1 Å². The van der Waals surface area contributed by atoms with E-state index in [1.807, 2.05) is 6.92 Å². The first-order valence-electron chi connectivity index (χ1n) is 12.1. The first kappa shape index (κ1) is 23.2. The number of ether oxygens (including phenoxy) is 3. The minimum atomic E-state index is -0.809. The maximum absolute atomic E-state index is 11.5. The molecule has 2 saturated carbocycles. The second kappa shape index (κ2) is 8.13. The van der Waals surface area contributed by atoms with E-state index in [0.29, 0.717) is 24.2 Å². The summed E-state index contributed by atoms with van der Waals surface area (Å²) >= 11 is 0. The molecule has 1 aliphatic heterocycles. The molecule has 174 valence electrons. The van der Waals surface area contributed by atoms with Crippen LogP contribution in [0.2, 0.25) is 0 Å². The van der Waals surface area contributed by atoms with Crippen LogP contribution in [-0.4, -0.2) is 37.0 Å². The number of allylic oxidation sites excluding steroid dienone is 5. The Morgan fingerprint density at radius 2 is 2.00 bits per heavy atom. The molecule has 1 saturated heterocycles. The van der Waals surface area contributed by atoms with Crippen LogP contribution in [-0.2, 0) is 14.2 Å². The van der Waals surface area contributed by atoms with E-state index in [1.165, 1.54) is 24.0 Å². The van der Waals surface area contributed by atoms with Gasteiger partial charge in [-0.25, -0.2) is 0 Å². The van der Waals surface area contributed by atoms with Gasteiger partial charge < -0.3 is 19.3 Å². The number of hydrogen-bond donors (Lipinski definition) is 1. The number of aliphatic hydroxyl groups is 1. The predicted molar refractivity (Wildman–Crippen MR) is 123 cm³/mol. The molecule has 1 N–H and O–H groups in total. The Hall–Kier alpha value is -0.940. The lowest BCUT2D eigenvalue weighted by Crippen LogP contribution is -2.40. The molecule has 0 spiro atoms. The van der Waals surface area contributed by atoms with Crippen LogP contribution in [0.5, 0.6) is 0 Å². The fourth-order valence-corrected chi connectivity index (χ4v) is 7.47. The molecule has 9 atom stereocenters. The molecule has 4 heteroatoms. The maximum atomic E-state index is 11.5. The standard InChI is InChI=1S/C27H42O4/c1-17(2)9-8-10-18(3)19-13-14-25(4)15-22-23-20(11-12-21(19)25)24(29-6)31-27(23,30-7)16-26(22,5)28/h8-11,18-19,21-24,28H,12-16H2,1-7H3/b10-8-,20-11+/t18-,19+,21-,22-,23+,24+,25+,26+,27-/m0/s1. The highest BCUT2D eigenvalue weighted by Gasteiger charge is 2.68. The molecular weight excluding hydrogens is 388 g/mol. The Bertz CT molecular complexity index is 776. The molecule has 0 aromatic carbocycles. The van der Waals surface area contributed by atoms with Crippen molar-refractivity contribution in [1.82, 2.24) is 0 Å². The average Bonchev–Trinajstić information content (AvgIpc) is 3.23. The van der Waals surface area contributed by atoms with Crippen LogP contribution in [0.15, 0.2) is 35.5 Å². The van der Waals surface area contributed by atoms with Gasteiger partial charge in [0.1, 0.15) is 0 Å². The highest BCUT2D eigenvalue weighted by atomic mass is 16.8. The summed E-state index contributed by atoms with van der Waals surface area (Å²) in [7, 11) is 3.42. The van der Waals surface area contributed by atoms with Gasteiger partial charge in [0.25, 0.3) is 0 Å². The van der Waals surface area contributed by atoms with Crippen LogP contribution in [0.25, 0.3) is 0 Å². The summed E-state index contributed by atoms with van der Waals surface area (Å²) in [5.74, 6) is 1.19. The summed E-state index contributed by atoms with van der Waals surface area (Å²) in [5, 5.41) is 11.5. The Balaban J connectivity index is 1.69. The third-order valence-electron chi connectivity index (χ3n) is 9.05. The SMILES string of the molecule is CO[C@@H]1O[C@@]2(OC)C[C@@](C)(O)[C@H]3C[C@@]4(C)CC[C@H]([C@@H](C)/C=C\C=C(C)C)[C@@H]4C/C=C/1[C@H]32. The summed E-state index contributed by atoms with van der Waals surface area (Å²) in [4.78, 5) is 0.